The third kappa shape index (κ3) is 3.01. The van der Waals surface area contributed by atoms with E-state index in [1.807, 2.05) is 36.4 Å². The van der Waals surface area contributed by atoms with Crippen molar-refractivity contribution in [2.75, 3.05) is 6.61 Å². The molecule has 0 amide bonds. The van der Waals surface area contributed by atoms with Gasteiger partial charge < -0.3 is 30.1 Å². The van der Waals surface area contributed by atoms with E-state index in [-0.39, 0.29) is 6.61 Å². The molecule has 1 unspecified atom stereocenters. The van der Waals surface area contributed by atoms with Gasteiger partial charge in [0.1, 0.15) is 12.2 Å². The number of hydrogen-bond donors (Lipinski definition) is 5. The van der Waals surface area contributed by atoms with Gasteiger partial charge in [0.2, 0.25) is 0 Å². The van der Waals surface area contributed by atoms with Crippen LogP contribution in [0.1, 0.15) is 22.4 Å². The lowest BCUT2D eigenvalue weighted by Gasteiger charge is -2.45. The lowest BCUT2D eigenvalue weighted by molar-refractivity contribution is -0.147. The van der Waals surface area contributed by atoms with E-state index in [9.17, 15) is 20.4 Å². The Hall–Kier alpha value is -1.87. The van der Waals surface area contributed by atoms with E-state index in [1.165, 1.54) is 11.8 Å². The molecule has 1 spiro atoms. The van der Waals surface area contributed by atoms with Crippen LogP contribution in [-0.2, 0) is 22.7 Å². The summed E-state index contributed by atoms with van der Waals surface area (Å²) in [7, 11) is 0. The third-order valence-electron chi connectivity index (χ3n) is 5.92. The number of rotatable bonds is 3. The molecule has 7 heteroatoms. The lowest BCUT2D eigenvalue weighted by Crippen LogP contribution is -2.58. The molecule has 3 aromatic rings. The van der Waals surface area contributed by atoms with Crippen molar-refractivity contribution in [2.24, 2.45) is 0 Å². The van der Waals surface area contributed by atoms with Gasteiger partial charge in [0.25, 0.3) is 0 Å². The molecule has 0 bridgehead atoms. The van der Waals surface area contributed by atoms with Crippen LogP contribution < -0.4 is 0 Å². The van der Waals surface area contributed by atoms with Crippen LogP contribution in [0.4, 0.5) is 0 Å². The maximum absolute atomic E-state index is 10.8. The van der Waals surface area contributed by atoms with E-state index in [0.29, 0.717) is 13.0 Å². The van der Waals surface area contributed by atoms with Gasteiger partial charge in [-0.3, -0.25) is 0 Å². The zero-order chi connectivity index (χ0) is 20.2. The zero-order valence-corrected chi connectivity index (χ0v) is 16.5. The van der Waals surface area contributed by atoms with Gasteiger partial charge >= 0.3 is 0 Å². The highest BCUT2D eigenvalue weighted by atomic mass is 32.2. The summed E-state index contributed by atoms with van der Waals surface area (Å²) in [5.74, 6) is 0. The first kappa shape index (κ1) is 19.1. The average molecular weight is 413 g/mol. The van der Waals surface area contributed by atoms with Crippen LogP contribution in [0.5, 0.6) is 0 Å². The van der Waals surface area contributed by atoms with Gasteiger partial charge in [0.05, 0.1) is 24.6 Å². The van der Waals surface area contributed by atoms with Crippen molar-refractivity contribution < 1.29 is 25.2 Å². The topological polar surface area (TPSA) is 106 Å². The van der Waals surface area contributed by atoms with Crippen molar-refractivity contribution in [2.45, 2.75) is 41.5 Å². The first-order valence-corrected chi connectivity index (χ1v) is 10.6. The molecule has 2 aliphatic heterocycles. The standard InChI is InChI=1S/C22H23NO5S/c24-10-18-19(25)20(26)21(27)22(29-18)16-8-12(5-6-14(16)11-28-22)7-15-9-13-3-1-2-4-17(13)23-15/h1-6,8-9,18-21,23-27H,7,10-11H2/t18-,19-,20+,21-,22?/m1/s1. The summed E-state index contributed by atoms with van der Waals surface area (Å²) in [6, 6.07) is 16.3. The minimum absolute atomic E-state index is 0.313. The molecular weight excluding hydrogens is 390 g/mol. The molecule has 5 atom stereocenters. The Morgan fingerprint density at radius 2 is 1.90 bits per heavy atom. The number of fused-ring (bicyclic) bond motifs is 3. The van der Waals surface area contributed by atoms with E-state index < -0.39 is 28.5 Å². The zero-order valence-electron chi connectivity index (χ0n) is 15.7. The van der Waals surface area contributed by atoms with Gasteiger partial charge in [-0.1, -0.05) is 36.4 Å². The number of aromatic amines is 1. The van der Waals surface area contributed by atoms with E-state index in [0.717, 1.165) is 33.3 Å². The average Bonchev–Trinajstić information content (AvgIpc) is 3.30. The summed E-state index contributed by atoms with van der Waals surface area (Å²) >= 11 is 1.18. The number of aliphatic hydroxyl groups is 4. The summed E-state index contributed by atoms with van der Waals surface area (Å²) < 4.78 is 5.99. The molecule has 6 nitrogen and oxygen atoms in total. The van der Waals surface area contributed by atoms with E-state index >= 15 is 0 Å². The van der Waals surface area contributed by atoms with Crippen LogP contribution >= 0.6 is 11.8 Å². The third-order valence-corrected chi connectivity index (χ3v) is 7.58. The van der Waals surface area contributed by atoms with Crippen LogP contribution in [0.3, 0.4) is 0 Å². The molecular formula is C22H23NO5S. The van der Waals surface area contributed by atoms with Crippen molar-refractivity contribution >= 4 is 22.7 Å². The summed E-state index contributed by atoms with van der Waals surface area (Å²) in [5, 5.41) is 41.5. The maximum atomic E-state index is 10.8. The molecule has 1 saturated heterocycles. The molecule has 0 radical (unpaired) electrons. The number of para-hydroxylation sites is 1. The van der Waals surface area contributed by atoms with E-state index in [4.69, 9.17) is 4.74 Å². The van der Waals surface area contributed by atoms with Gasteiger partial charge in [0.15, 0.2) is 4.93 Å². The lowest BCUT2D eigenvalue weighted by atomic mass is 9.91. The van der Waals surface area contributed by atoms with Crippen molar-refractivity contribution in [1.29, 1.82) is 0 Å². The maximum Gasteiger partial charge on any atom is 0.168 e. The molecule has 3 heterocycles. The van der Waals surface area contributed by atoms with Crippen molar-refractivity contribution in [3.05, 3.63) is 70.9 Å². The van der Waals surface area contributed by atoms with Crippen molar-refractivity contribution in [1.82, 2.24) is 4.98 Å². The Labute approximate surface area is 172 Å². The molecule has 2 aliphatic rings. The van der Waals surface area contributed by atoms with Gasteiger partial charge in [-0.2, -0.15) is 0 Å². The SMILES string of the molecule is OC[C@H]1SC2(OCc3ccc(Cc4cc5ccccc5[nH]4)cc32)[C@H](O)[C@@H](O)[C@@H]1O. The van der Waals surface area contributed by atoms with Gasteiger partial charge in [-0.15, -0.1) is 11.8 Å². The summed E-state index contributed by atoms with van der Waals surface area (Å²) in [6.45, 7) is -0.00215. The number of aliphatic hydroxyl groups excluding tert-OH is 4. The monoisotopic (exact) mass is 413 g/mol. The second kappa shape index (κ2) is 7.12. The number of benzene rings is 2. The molecule has 2 aromatic carbocycles. The molecule has 5 rings (SSSR count). The van der Waals surface area contributed by atoms with Gasteiger partial charge in [-0.05, 0) is 28.6 Å². The Morgan fingerprint density at radius 3 is 2.69 bits per heavy atom. The highest BCUT2D eigenvalue weighted by Crippen LogP contribution is 2.54. The van der Waals surface area contributed by atoms with E-state index in [2.05, 4.69) is 17.1 Å². The molecule has 0 saturated carbocycles. The molecule has 5 N–H and O–H groups in total. The van der Waals surface area contributed by atoms with Crippen LogP contribution in [0.15, 0.2) is 48.5 Å². The fourth-order valence-electron chi connectivity index (χ4n) is 4.38. The smallest absolute Gasteiger partial charge is 0.168 e. The summed E-state index contributed by atoms with van der Waals surface area (Å²) in [4.78, 5) is 2.23. The van der Waals surface area contributed by atoms with Crippen molar-refractivity contribution in [3.63, 3.8) is 0 Å². The Kier molecular flexibility index (Phi) is 4.70. The summed E-state index contributed by atoms with van der Waals surface area (Å²) in [5.41, 5.74) is 4.96. The second-order valence-electron chi connectivity index (χ2n) is 7.77. The highest BCUT2D eigenvalue weighted by molar-refractivity contribution is 8.00. The minimum Gasteiger partial charge on any atom is -0.395 e. The van der Waals surface area contributed by atoms with Gasteiger partial charge in [-0.25, -0.2) is 0 Å². The molecule has 1 fully saturated rings. The molecule has 0 aliphatic carbocycles. The minimum atomic E-state index is -1.39. The Bertz CT molecular complexity index is 1020. The fourth-order valence-corrected chi connectivity index (χ4v) is 5.93. The molecule has 152 valence electrons. The first-order valence-electron chi connectivity index (χ1n) is 9.67. The van der Waals surface area contributed by atoms with Crippen LogP contribution in [-0.4, -0.2) is 55.6 Å². The molecule has 1 aromatic heterocycles. The van der Waals surface area contributed by atoms with Crippen molar-refractivity contribution in [3.8, 4) is 0 Å². The van der Waals surface area contributed by atoms with E-state index in [1.54, 1.807) is 0 Å². The summed E-state index contributed by atoms with van der Waals surface area (Å²) in [6.07, 6.45) is -3.22. The van der Waals surface area contributed by atoms with Crippen LogP contribution in [0, 0.1) is 0 Å². The first-order chi connectivity index (χ1) is 14.0. The number of ether oxygens (including phenoxy) is 1. The normalized spacial score (nSPS) is 31.4. The number of nitrogens with one attached hydrogen (secondary N) is 1. The molecule has 29 heavy (non-hydrogen) atoms. The van der Waals surface area contributed by atoms with Gasteiger partial charge in [0, 0.05) is 23.2 Å². The second-order valence-corrected chi connectivity index (χ2v) is 9.22. The predicted molar refractivity (Wildman–Crippen MR) is 110 cm³/mol. The number of H-pyrrole nitrogens is 1. The van der Waals surface area contributed by atoms with Crippen LogP contribution in [0.2, 0.25) is 0 Å². The number of hydrogen-bond acceptors (Lipinski definition) is 6. The Balaban J connectivity index is 1.50. The Morgan fingerprint density at radius 1 is 1.07 bits per heavy atom. The highest BCUT2D eigenvalue weighted by Gasteiger charge is 2.57. The fraction of sp³-hybridized carbons (Fsp3) is 0.364. The number of thioether (sulfide) groups is 1. The quantitative estimate of drug-likeness (QED) is 0.447. The predicted octanol–water partition coefficient (Wildman–Crippen LogP) is 1.63. The number of aromatic nitrogens is 1. The largest absolute Gasteiger partial charge is 0.395 e. The van der Waals surface area contributed by atoms with Crippen LogP contribution in [0.25, 0.3) is 10.9 Å².